The molecule has 0 aromatic heterocycles. The quantitative estimate of drug-likeness (QED) is 0.758. The van der Waals surface area contributed by atoms with Crippen LogP contribution in [0.5, 0.6) is 0 Å². The predicted octanol–water partition coefficient (Wildman–Crippen LogP) is 1.91. The molecule has 0 bridgehead atoms. The summed E-state index contributed by atoms with van der Waals surface area (Å²) in [6.45, 7) is 1.83. The smallest absolute Gasteiger partial charge is 0.340 e. The first-order valence-electron chi connectivity index (χ1n) is 4.82. The number of esters is 1. The van der Waals surface area contributed by atoms with Crippen LogP contribution in [0.3, 0.4) is 0 Å². The van der Waals surface area contributed by atoms with Crippen LogP contribution in [-0.4, -0.2) is 24.2 Å². The van der Waals surface area contributed by atoms with E-state index in [4.69, 9.17) is 0 Å². The Morgan fingerprint density at radius 3 is 2.94 bits per heavy atom. The van der Waals surface area contributed by atoms with Crippen molar-refractivity contribution in [1.82, 2.24) is 0 Å². The van der Waals surface area contributed by atoms with Gasteiger partial charge in [-0.1, -0.05) is 6.07 Å². The number of ether oxygens (including phenoxy) is 1. The topological polar surface area (TPSA) is 55.4 Å². The zero-order valence-corrected chi connectivity index (χ0v) is 9.76. The number of rotatable bonds is 1. The Labute approximate surface area is 97.4 Å². The first-order chi connectivity index (χ1) is 7.63. The van der Waals surface area contributed by atoms with E-state index >= 15 is 0 Å². The van der Waals surface area contributed by atoms with Crippen molar-refractivity contribution in [3.63, 3.8) is 0 Å². The van der Waals surface area contributed by atoms with Gasteiger partial charge in [0, 0.05) is 4.90 Å². The third-order valence-electron chi connectivity index (χ3n) is 2.35. The van der Waals surface area contributed by atoms with Crippen LogP contribution in [0, 0.1) is 0 Å². The Morgan fingerprint density at radius 2 is 2.25 bits per heavy atom. The van der Waals surface area contributed by atoms with Gasteiger partial charge in [-0.25, -0.2) is 4.79 Å². The van der Waals surface area contributed by atoms with E-state index in [1.165, 1.54) is 18.9 Å². The van der Waals surface area contributed by atoms with Crippen LogP contribution < -0.4 is 5.32 Å². The van der Waals surface area contributed by atoms with Gasteiger partial charge in [0.15, 0.2) is 0 Å². The fraction of sp³-hybridized carbons (Fsp3) is 0.273. The van der Waals surface area contributed by atoms with E-state index in [-0.39, 0.29) is 11.2 Å². The Balaban J connectivity index is 2.48. The van der Waals surface area contributed by atoms with Gasteiger partial charge in [0.05, 0.1) is 23.6 Å². The number of hydrogen-bond acceptors (Lipinski definition) is 4. The summed E-state index contributed by atoms with van der Waals surface area (Å²) in [7, 11) is 1.32. The molecule has 4 nitrogen and oxygen atoms in total. The van der Waals surface area contributed by atoms with Crippen LogP contribution in [0.15, 0.2) is 23.1 Å². The van der Waals surface area contributed by atoms with Gasteiger partial charge in [-0.2, -0.15) is 0 Å². The normalized spacial score (nSPS) is 18.6. The molecule has 84 valence electrons. The molecule has 0 radical (unpaired) electrons. The molecule has 1 atom stereocenters. The van der Waals surface area contributed by atoms with Gasteiger partial charge >= 0.3 is 5.97 Å². The molecule has 0 fully saturated rings. The number of nitrogens with one attached hydrogen (secondary N) is 1. The number of hydrogen-bond donors (Lipinski definition) is 1. The van der Waals surface area contributed by atoms with E-state index in [9.17, 15) is 9.59 Å². The van der Waals surface area contributed by atoms with Crippen LogP contribution in [0.4, 0.5) is 5.69 Å². The van der Waals surface area contributed by atoms with Crippen molar-refractivity contribution >= 4 is 29.3 Å². The average molecular weight is 237 g/mol. The number of fused-ring (bicyclic) bond motifs is 1. The van der Waals surface area contributed by atoms with Crippen LogP contribution >= 0.6 is 11.8 Å². The maximum Gasteiger partial charge on any atom is 0.340 e. The van der Waals surface area contributed by atoms with Crippen molar-refractivity contribution in [2.75, 3.05) is 12.4 Å². The lowest BCUT2D eigenvalue weighted by molar-refractivity contribution is -0.115. The summed E-state index contributed by atoms with van der Waals surface area (Å²) in [6.07, 6.45) is 0. The van der Waals surface area contributed by atoms with E-state index in [0.29, 0.717) is 11.3 Å². The monoisotopic (exact) mass is 237 g/mol. The third-order valence-corrected chi connectivity index (χ3v) is 3.51. The number of carbonyl (C=O) groups is 2. The highest BCUT2D eigenvalue weighted by molar-refractivity contribution is 8.01. The van der Waals surface area contributed by atoms with Gasteiger partial charge in [0.1, 0.15) is 0 Å². The molecule has 1 N–H and O–H groups in total. The molecule has 16 heavy (non-hydrogen) atoms. The average Bonchev–Trinajstić information content (AvgIpc) is 2.29. The zero-order valence-electron chi connectivity index (χ0n) is 8.94. The molecule has 1 aromatic rings. The van der Waals surface area contributed by atoms with E-state index in [1.807, 2.05) is 13.0 Å². The second-order valence-electron chi connectivity index (χ2n) is 3.42. The number of anilines is 1. The highest BCUT2D eigenvalue weighted by Gasteiger charge is 2.26. The lowest BCUT2D eigenvalue weighted by Gasteiger charge is -2.22. The van der Waals surface area contributed by atoms with Crippen molar-refractivity contribution in [1.29, 1.82) is 0 Å². The second kappa shape index (κ2) is 4.17. The number of benzene rings is 1. The maximum atomic E-state index is 11.5. The molecular weight excluding hydrogens is 226 g/mol. The zero-order chi connectivity index (χ0) is 11.7. The Bertz CT molecular complexity index is 459. The summed E-state index contributed by atoms with van der Waals surface area (Å²) in [5.41, 5.74) is 0.954. The van der Waals surface area contributed by atoms with Crippen molar-refractivity contribution in [3.8, 4) is 0 Å². The number of para-hydroxylation sites is 1. The van der Waals surface area contributed by atoms with Crippen molar-refractivity contribution in [2.45, 2.75) is 17.1 Å². The Kier molecular flexibility index (Phi) is 2.87. The van der Waals surface area contributed by atoms with Crippen LogP contribution in [0.2, 0.25) is 0 Å². The molecular formula is C11H11NO3S. The third kappa shape index (κ3) is 1.78. The van der Waals surface area contributed by atoms with E-state index in [1.54, 1.807) is 12.1 Å². The van der Waals surface area contributed by atoms with E-state index < -0.39 is 5.97 Å². The molecule has 0 aliphatic carbocycles. The summed E-state index contributed by atoms with van der Waals surface area (Å²) < 4.78 is 4.66. The van der Waals surface area contributed by atoms with Gasteiger partial charge in [-0.05, 0) is 19.1 Å². The number of carbonyl (C=O) groups excluding carboxylic acids is 2. The molecule has 1 unspecified atom stereocenters. The second-order valence-corrected chi connectivity index (χ2v) is 4.80. The summed E-state index contributed by atoms with van der Waals surface area (Å²) >= 11 is 1.44. The van der Waals surface area contributed by atoms with Crippen molar-refractivity contribution in [3.05, 3.63) is 23.8 Å². The molecule has 0 saturated heterocycles. The standard InChI is InChI=1S/C11H11NO3S/c1-6-10(13)12-9-7(11(14)15-2)4-3-5-8(9)16-6/h3-6H,1-2H3,(H,12,13). The first-order valence-corrected chi connectivity index (χ1v) is 5.70. The predicted molar refractivity (Wildman–Crippen MR) is 61.7 cm³/mol. The number of methoxy groups -OCH3 is 1. The largest absolute Gasteiger partial charge is 0.465 e. The molecule has 0 saturated carbocycles. The van der Waals surface area contributed by atoms with Gasteiger partial charge in [-0.15, -0.1) is 11.8 Å². The summed E-state index contributed by atoms with van der Waals surface area (Å²) in [4.78, 5) is 23.9. The van der Waals surface area contributed by atoms with Crippen LogP contribution in [0.25, 0.3) is 0 Å². The molecule has 1 aliphatic heterocycles. The van der Waals surface area contributed by atoms with Gasteiger partial charge in [0.2, 0.25) is 5.91 Å². The first kappa shape index (κ1) is 11.0. The molecule has 5 heteroatoms. The summed E-state index contributed by atoms with van der Waals surface area (Å²) in [5.74, 6) is -0.527. The fourth-order valence-electron chi connectivity index (χ4n) is 1.51. The highest BCUT2D eigenvalue weighted by Crippen LogP contribution is 2.37. The van der Waals surface area contributed by atoms with E-state index in [2.05, 4.69) is 10.1 Å². The van der Waals surface area contributed by atoms with Crippen LogP contribution in [-0.2, 0) is 9.53 Å². The van der Waals surface area contributed by atoms with Crippen molar-refractivity contribution in [2.24, 2.45) is 0 Å². The lowest BCUT2D eigenvalue weighted by atomic mass is 10.1. The van der Waals surface area contributed by atoms with Gasteiger partial charge < -0.3 is 10.1 Å². The fourth-order valence-corrected chi connectivity index (χ4v) is 2.49. The molecule has 1 aliphatic rings. The molecule has 0 spiro atoms. The minimum Gasteiger partial charge on any atom is -0.465 e. The molecule has 1 amide bonds. The van der Waals surface area contributed by atoms with E-state index in [0.717, 1.165) is 4.90 Å². The van der Waals surface area contributed by atoms with Crippen molar-refractivity contribution < 1.29 is 14.3 Å². The SMILES string of the molecule is COC(=O)c1cccc2c1NC(=O)C(C)S2. The van der Waals surface area contributed by atoms with Crippen LogP contribution in [0.1, 0.15) is 17.3 Å². The lowest BCUT2D eigenvalue weighted by Crippen LogP contribution is -2.27. The Morgan fingerprint density at radius 1 is 1.50 bits per heavy atom. The Hall–Kier alpha value is -1.49. The number of thioether (sulfide) groups is 1. The van der Waals surface area contributed by atoms with Gasteiger partial charge in [0.25, 0.3) is 0 Å². The minimum atomic E-state index is -0.438. The molecule has 2 rings (SSSR count). The molecule has 1 aromatic carbocycles. The number of amides is 1. The highest BCUT2D eigenvalue weighted by atomic mass is 32.2. The summed E-state index contributed by atoms with van der Waals surface area (Å²) in [6, 6.07) is 5.30. The summed E-state index contributed by atoms with van der Waals surface area (Å²) in [5, 5.41) is 2.59. The maximum absolute atomic E-state index is 11.5. The minimum absolute atomic E-state index is 0.0890. The van der Waals surface area contributed by atoms with Gasteiger partial charge in [-0.3, -0.25) is 4.79 Å². The molecule has 1 heterocycles.